The molecule has 180 valence electrons. The van der Waals surface area contributed by atoms with Crippen molar-refractivity contribution in [2.45, 2.75) is 20.0 Å². The summed E-state index contributed by atoms with van der Waals surface area (Å²) in [7, 11) is 3.11. The second-order valence-corrected chi connectivity index (χ2v) is 9.30. The smallest absolute Gasteiger partial charge is 0.331 e. The van der Waals surface area contributed by atoms with E-state index in [-0.39, 0.29) is 0 Å². The van der Waals surface area contributed by atoms with Crippen LogP contribution in [0.5, 0.6) is 5.75 Å². The molecule has 0 saturated carbocycles. The highest BCUT2D eigenvalue weighted by Gasteiger charge is 2.37. The van der Waals surface area contributed by atoms with Crippen molar-refractivity contribution in [1.82, 2.24) is 13.7 Å². The van der Waals surface area contributed by atoms with Gasteiger partial charge >= 0.3 is 5.69 Å². The van der Waals surface area contributed by atoms with Gasteiger partial charge in [-0.2, -0.15) is 0 Å². The second-order valence-electron chi connectivity index (χ2n) is 9.30. The highest BCUT2D eigenvalue weighted by atomic mass is 19.1. The fraction of sp³-hybridized carbons (Fsp3) is 0.172. The van der Waals surface area contributed by atoms with Gasteiger partial charge in [0.05, 0.1) is 28.0 Å². The fourth-order valence-corrected chi connectivity index (χ4v) is 5.26. The number of hydrogen-bond donors (Lipinski definition) is 0. The van der Waals surface area contributed by atoms with E-state index < -0.39 is 23.2 Å². The van der Waals surface area contributed by atoms with Gasteiger partial charge in [0.2, 0.25) is 0 Å². The molecule has 1 aliphatic heterocycles. The van der Waals surface area contributed by atoms with Gasteiger partial charge in [0.1, 0.15) is 11.6 Å². The third kappa shape index (κ3) is 2.95. The first-order valence-corrected chi connectivity index (χ1v) is 11.7. The number of rotatable bonds is 2. The van der Waals surface area contributed by atoms with Crippen LogP contribution in [0.2, 0.25) is 0 Å². The van der Waals surface area contributed by atoms with Crippen LogP contribution in [-0.4, -0.2) is 13.7 Å². The zero-order valence-electron chi connectivity index (χ0n) is 20.4. The number of ether oxygens (including phenoxy) is 1. The molecule has 6 nitrogen and oxygen atoms in total. The van der Waals surface area contributed by atoms with Crippen LogP contribution in [0, 0.1) is 19.7 Å². The van der Waals surface area contributed by atoms with E-state index in [2.05, 4.69) is 0 Å². The van der Waals surface area contributed by atoms with Gasteiger partial charge in [-0.3, -0.25) is 13.9 Å². The van der Waals surface area contributed by atoms with Crippen molar-refractivity contribution in [1.29, 1.82) is 0 Å². The third-order valence-corrected chi connectivity index (χ3v) is 7.04. The van der Waals surface area contributed by atoms with Crippen LogP contribution in [0.25, 0.3) is 27.8 Å². The molecule has 0 fully saturated rings. The van der Waals surface area contributed by atoms with Gasteiger partial charge in [0.25, 0.3) is 5.56 Å². The van der Waals surface area contributed by atoms with Crippen molar-refractivity contribution in [2.24, 2.45) is 14.1 Å². The normalized spacial score (nSPS) is 14.4. The Bertz CT molecular complexity index is 1830. The Morgan fingerprint density at radius 1 is 0.889 bits per heavy atom. The summed E-state index contributed by atoms with van der Waals surface area (Å²) in [4.78, 5) is 26.8. The molecule has 3 aromatic carbocycles. The number of aryl methyl sites for hydroxylation is 3. The first-order valence-electron chi connectivity index (χ1n) is 11.7. The van der Waals surface area contributed by atoms with E-state index in [0.29, 0.717) is 33.6 Å². The molecule has 5 aromatic rings. The highest BCUT2D eigenvalue weighted by Crippen LogP contribution is 2.47. The van der Waals surface area contributed by atoms with Crippen LogP contribution in [0.4, 0.5) is 4.39 Å². The SMILES string of the molecule is Cc1ccc2c(c1)-n1c(-c3ccccc3C)c3c(=O)n(C)c(=O)n(C)c3c1C(c1ccccc1F)O2. The summed E-state index contributed by atoms with van der Waals surface area (Å²) in [5.41, 5.74) is 4.66. The molecule has 0 bridgehead atoms. The monoisotopic (exact) mass is 481 g/mol. The van der Waals surface area contributed by atoms with Gasteiger partial charge in [-0.05, 0) is 43.2 Å². The predicted molar refractivity (Wildman–Crippen MR) is 138 cm³/mol. The average Bonchev–Trinajstić information content (AvgIpc) is 3.23. The Balaban J connectivity index is 1.91. The van der Waals surface area contributed by atoms with E-state index in [1.54, 1.807) is 25.2 Å². The van der Waals surface area contributed by atoms with E-state index >= 15 is 4.39 Å². The van der Waals surface area contributed by atoms with Crippen LogP contribution in [0.15, 0.2) is 76.3 Å². The Morgan fingerprint density at radius 3 is 2.36 bits per heavy atom. The molecule has 0 N–H and O–H groups in total. The molecule has 1 unspecified atom stereocenters. The molecule has 0 radical (unpaired) electrons. The molecular weight excluding hydrogens is 457 g/mol. The minimum atomic E-state index is -0.876. The van der Waals surface area contributed by atoms with Crippen molar-refractivity contribution >= 4 is 10.9 Å². The van der Waals surface area contributed by atoms with Crippen LogP contribution >= 0.6 is 0 Å². The maximum absolute atomic E-state index is 15.2. The quantitative estimate of drug-likeness (QED) is 0.359. The van der Waals surface area contributed by atoms with Crippen molar-refractivity contribution in [3.8, 4) is 22.7 Å². The van der Waals surface area contributed by atoms with Crippen molar-refractivity contribution in [3.05, 3.63) is 116 Å². The summed E-state index contributed by atoms with van der Waals surface area (Å²) in [5, 5.41) is 0.392. The second kappa shape index (κ2) is 7.81. The Hall–Kier alpha value is -4.39. The van der Waals surface area contributed by atoms with Gasteiger partial charge in [0, 0.05) is 25.2 Å². The highest BCUT2D eigenvalue weighted by molar-refractivity contribution is 5.99. The zero-order chi connectivity index (χ0) is 25.3. The largest absolute Gasteiger partial charge is 0.477 e. The summed E-state index contributed by atoms with van der Waals surface area (Å²) in [6, 6.07) is 20.0. The number of fused-ring (bicyclic) bond motifs is 5. The molecule has 7 heteroatoms. The lowest BCUT2D eigenvalue weighted by Gasteiger charge is -2.30. The molecule has 36 heavy (non-hydrogen) atoms. The molecule has 6 rings (SSSR count). The van der Waals surface area contributed by atoms with Crippen LogP contribution < -0.4 is 16.0 Å². The number of halogens is 1. The van der Waals surface area contributed by atoms with E-state index in [0.717, 1.165) is 26.9 Å². The summed E-state index contributed by atoms with van der Waals surface area (Å²) >= 11 is 0. The lowest BCUT2D eigenvalue weighted by molar-refractivity contribution is 0.224. The molecular formula is C29H24FN3O3. The van der Waals surface area contributed by atoms with Gasteiger partial charge in [-0.15, -0.1) is 0 Å². The Labute approximate surface area is 206 Å². The average molecular weight is 482 g/mol. The van der Waals surface area contributed by atoms with E-state index in [4.69, 9.17) is 4.74 Å². The van der Waals surface area contributed by atoms with Crippen molar-refractivity contribution < 1.29 is 9.13 Å². The maximum Gasteiger partial charge on any atom is 0.331 e. The molecule has 2 aromatic heterocycles. The Kier molecular flexibility index (Phi) is 4.80. The lowest BCUT2D eigenvalue weighted by Crippen LogP contribution is -2.37. The van der Waals surface area contributed by atoms with Crippen molar-refractivity contribution in [3.63, 3.8) is 0 Å². The lowest BCUT2D eigenvalue weighted by atomic mass is 10.0. The summed E-state index contributed by atoms with van der Waals surface area (Å²) in [6.07, 6.45) is -0.876. The minimum absolute atomic E-state index is 0.328. The summed E-state index contributed by atoms with van der Waals surface area (Å²) < 4.78 is 26.2. The van der Waals surface area contributed by atoms with E-state index in [1.807, 2.05) is 60.9 Å². The van der Waals surface area contributed by atoms with Crippen molar-refractivity contribution in [2.75, 3.05) is 0 Å². The fourth-order valence-electron chi connectivity index (χ4n) is 5.26. The van der Waals surface area contributed by atoms with Gasteiger partial charge in [0.15, 0.2) is 6.10 Å². The first-order chi connectivity index (χ1) is 17.3. The van der Waals surface area contributed by atoms with Crippen LogP contribution in [-0.2, 0) is 14.1 Å². The third-order valence-electron chi connectivity index (χ3n) is 7.04. The minimum Gasteiger partial charge on any atom is -0.477 e. The Morgan fingerprint density at radius 2 is 1.61 bits per heavy atom. The first kappa shape index (κ1) is 22.1. The molecule has 0 spiro atoms. The molecule has 0 saturated heterocycles. The number of benzene rings is 3. The van der Waals surface area contributed by atoms with Crippen LogP contribution in [0.1, 0.15) is 28.5 Å². The van der Waals surface area contributed by atoms with E-state index in [1.165, 1.54) is 17.7 Å². The molecule has 0 amide bonds. The van der Waals surface area contributed by atoms with E-state index in [9.17, 15) is 9.59 Å². The summed E-state index contributed by atoms with van der Waals surface area (Å²) in [6.45, 7) is 3.97. The van der Waals surface area contributed by atoms with Gasteiger partial charge in [-0.25, -0.2) is 9.18 Å². The van der Waals surface area contributed by atoms with Gasteiger partial charge in [-0.1, -0.05) is 48.5 Å². The number of aromatic nitrogens is 3. The number of nitrogens with zero attached hydrogens (tertiary/aromatic N) is 3. The maximum atomic E-state index is 15.2. The molecule has 1 atom stereocenters. The molecule has 0 aliphatic carbocycles. The summed E-state index contributed by atoms with van der Waals surface area (Å²) in [5.74, 6) is 0.142. The standard InChI is InChI=1S/C29H24FN3O3/c1-16-13-14-22-21(15-16)33-24(18-10-6-5-9-17(18)2)23-25(31(3)29(35)32(4)28(23)34)26(33)27(36-22)19-11-7-8-12-20(19)30/h5-15,27H,1-4H3. The molecule has 1 aliphatic rings. The number of hydrogen-bond acceptors (Lipinski definition) is 3. The predicted octanol–water partition coefficient (Wildman–Crippen LogP) is 4.93. The van der Waals surface area contributed by atoms with Gasteiger partial charge < -0.3 is 9.30 Å². The zero-order valence-corrected chi connectivity index (χ0v) is 20.4. The van der Waals surface area contributed by atoms with Crippen LogP contribution in [0.3, 0.4) is 0 Å². The topological polar surface area (TPSA) is 58.2 Å². The molecule has 3 heterocycles.